The van der Waals surface area contributed by atoms with Crippen molar-refractivity contribution in [3.63, 3.8) is 0 Å². The van der Waals surface area contributed by atoms with Gasteiger partial charge in [-0.05, 0) is 5.39 Å². The van der Waals surface area contributed by atoms with Crippen LogP contribution in [0.1, 0.15) is 31.7 Å². The molecule has 1 atom stereocenters. The molecule has 20 heavy (non-hydrogen) atoms. The third-order valence-corrected chi connectivity index (χ3v) is 3.81. The van der Waals surface area contributed by atoms with Crippen LogP contribution in [0.3, 0.4) is 0 Å². The van der Waals surface area contributed by atoms with Gasteiger partial charge in [0.25, 0.3) is 0 Å². The zero-order valence-electron chi connectivity index (χ0n) is 12.9. The van der Waals surface area contributed by atoms with E-state index in [4.69, 9.17) is 0 Å². The summed E-state index contributed by atoms with van der Waals surface area (Å²) in [6.07, 6.45) is 1.20. The van der Waals surface area contributed by atoms with E-state index in [0.717, 1.165) is 0 Å². The predicted octanol–water partition coefficient (Wildman–Crippen LogP) is 6.12. The summed E-state index contributed by atoms with van der Waals surface area (Å²) in [5, 5.41) is 5.48. The molecule has 0 bridgehead atoms. The normalized spacial score (nSPS) is 11.3. The average Bonchev–Trinajstić information content (AvgIpc) is 2.78. The predicted molar refractivity (Wildman–Crippen MR) is 88.6 cm³/mol. The minimum Gasteiger partial charge on any atom is -0.358 e. The molecule has 0 aliphatic heterocycles. The van der Waals surface area contributed by atoms with Crippen LogP contribution in [0.15, 0.2) is 48.5 Å². The summed E-state index contributed by atoms with van der Waals surface area (Å²) in [6, 6.07) is 17.8. The summed E-state index contributed by atoms with van der Waals surface area (Å²) < 4.78 is 0. The molecule has 0 aliphatic carbocycles. The molecule has 3 aromatic rings. The molecule has 106 valence electrons. The van der Waals surface area contributed by atoms with Crippen molar-refractivity contribution < 1.29 is 25.8 Å². The number of fused-ring (bicyclic) bond motifs is 2. The van der Waals surface area contributed by atoms with Crippen LogP contribution in [0, 0.1) is 14.9 Å². The van der Waals surface area contributed by atoms with Crippen molar-refractivity contribution in [2.75, 3.05) is 0 Å². The maximum absolute atomic E-state index is 2.34. The molecule has 1 unspecified atom stereocenters. The summed E-state index contributed by atoms with van der Waals surface area (Å²) in [5.41, 5.74) is 1.49. The molecule has 0 saturated carbocycles. The summed E-state index contributed by atoms with van der Waals surface area (Å²) in [5.74, 6) is 0.647. The quantitative estimate of drug-likeness (QED) is 0.340. The first-order chi connectivity index (χ1) is 8.29. The van der Waals surface area contributed by atoms with E-state index in [1.54, 1.807) is 0 Å². The van der Waals surface area contributed by atoms with Crippen LogP contribution in [0.5, 0.6) is 0 Å². The van der Waals surface area contributed by atoms with Gasteiger partial charge in [0.2, 0.25) is 0 Å². The van der Waals surface area contributed by atoms with Crippen LogP contribution < -0.4 is 0 Å². The van der Waals surface area contributed by atoms with Crippen molar-refractivity contribution >= 4 is 21.5 Å². The molecule has 0 nitrogen and oxygen atoms in total. The fourth-order valence-electron chi connectivity index (χ4n) is 2.56. The first kappa shape index (κ1) is 19.2. The van der Waals surface area contributed by atoms with Gasteiger partial charge >= 0.3 is 0 Å². The number of hydrogen-bond donors (Lipinski definition) is 0. The van der Waals surface area contributed by atoms with Gasteiger partial charge in [-0.2, -0.15) is 6.07 Å². The van der Waals surface area contributed by atoms with E-state index in [2.05, 4.69) is 62.4 Å². The van der Waals surface area contributed by atoms with E-state index in [0.29, 0.717) is 5.92 Å². The van der Waals surface area contributed by atoms with Gasteiger partial charge in [0.1, 0.15) is 0 Å². The Morgan fingerprint density at radius 2 is 1.55 bits per heavy atom. The summed E-state index contributed by atoms with van der Waals surface area (Å²) in [6.45, 7) is 4.56. The molecule has 0 aliphatic rings. The van der Waals surface area contributed by atoms with Gasteiger partial charge in [0.15, 0.2) is 0 Å². The van der Waals surface area contributed by atoms with Crippen molar-refractivity contribution in [1.29, 1.82) is 0 Å². The zero-order valence-corrected chi connectivity index (χ0v) is 16.5. The van der Waals surface area contributed by atoms with Crippen molar-refractivity contribution in [1.82, 2.24) is 0 Å². The fourth-order valence-corrected chi connectivity index (χ4v) is 2.56. The largest absolute Gasteiger partial charge is 0.358 e. The number of hydrogen-bond acceptors (Lipinski definition) is 0. The van der Waals surface area contributed by atoms with Crippen LogP contribution in [-0.2, 0) is 25.8 Å². The maximum atomic E-state index is 2.34. The van der Waals surface area contributed by atoms with Gasteiger partial charge in [-0.1, -0.05) is 61.9 Å². The Labute approximate surface area is 142 Å². The van der Waals surface area contributed by atoms with Gasteiger partial charge in [-0.3, -0.25) is 0 Å². The first-order valence-corrected chi connectivity index (χ1v) is 6.37. The van der Waals surface area contributed by atoms with Gasteiger partial charge in [-0.25, -0.2) is 0 Å². The average molecular weight is 430 g/mol. The summed E-state index contributed by atoms with van der Waals surface area (Å²) in [7, 11) is 0. The van der Waals surface area contributed by atoms with Gasteiger partial charge in [-0.15, -0.1) is 28.5 Å². The van der Waals surface area contributed by atoms with E-state index >= 15 is 0 Å². The monoisotopic (exact) mass is 431 g/mol. The Hall–Kier alpha value is -0.820. The summed E-state index contributed by atoms with van der Waals surface area (Å²) in [4.78, 5) is 0. The van der Waals surface area contributed by atoms with E-state index < -0.39 is 0 Å². The van der Waals surface area contributed by atoms with Gasteiger partial charge in [0, 0.05) is 25.8 Å². The molecule has 0 saturated heterocycles. The standard InChI is InChI=1S/C17H17.2CH3.Hf/c1-3-12(2)16-9-8-15-10-13-6-4-5-7-14(13)11-17(15)16;;;/h4-12H,3H2,1-2H3;2*1H3;/q3*-1;. The molecule has 3 rings (SSSR count). The van der Waals surface area contributed by atoms with Crippen LogP contribution in [0.25, 0.3) is 21.5 Å². The van der Waals surface area contributed by atoms with Gasteiger partial charge < -0.3 is 14.9 Å². The Morgan fingerprint density at radius 3 is 2.15 bits per heavy atom. The SMILES string of the molecule is CCC(C)[c-]1ccc2cc3ccccc3cc21.[CH3-].[CH3-].[Hf]. The molecular formula is C19H23Hf-3. The molecule has 3 aromatic carbocycles. The second kappa shape index (κ2) is 7.83. The molecule has 0 spiro atoms. The third kappa shape index (κ3) is 3.25. The first-order valence-electron chi connectivity index (χ1n) is 6.37. The van der Waals surface area contributed by atoms with Crippen molar-refractivity contribution in [2.45, 2.75) is 26.2 Å². The van der Waals surface area contributed by atoms with E-state index in [-0.39, 0.29) is 40.7 Å². The zero-order chi connectivity index (χ0) is 11.8. The Balaban J connectivity index is 0.00000120. The smallest absolute Gasteiger partial charge is 0 e. The molecular weight excluding hydrogens is 407 g/mol. The second-order valence-corrected chi connectivity index (χ2v) is 4.88. The maximum Gasteiger partial charge on any atom is 0 e. The van der Waals surface area contributed by atoms with Crippen LogP contribution in [0.4, 0.5) is 0 Å². The minimum absolute atomic E-state index is 0. The number of benzene rings is 2. The molecule has 0 heterocycles. The topological polar surface area (TPSA) is 0 Å². The molecule has 0 N–H and O–H groups in total. The Morgan fingerprint density at radius 1 is 0.950 bits per heavy atom. The molecule has 0 amide bonds. The van der Waals surface area contributed by atoms with Crippen molar-refractivity contribution in [3.05, 3.63) is 68.9 Å². The minimum atomic E-state index is 0. The third-order valence-electron chi connectivity index (χ3n) is 3.81. The van der Waals surface area contributed by atoms with Crippen molar-refractivity contribution in [3.8, 4) is 0 Å². The summed E-state index contributed by atoms with van der Waals surface area (Å²) >= 11 is 0. The van der Waals surface area contributed by atoms with Crippen LogP contribution >= 0.6 is 0 Å². The van der Waals surface area contributed by atoms with Crippen LogP contribution in [0.2, 0.25) is 0 Å². The van der Waals surface area contributed by atoms with Crippen molar-refractivity contribution in [2.24, 2.45) is 0 Å². The van der Waals surface area contributed by atoms with Gasteiger partial charge in [0.05, 0.1) is 0 Å². The van der Waals surface area contributed by atoms with E-state index in [1.807, 2.05) is 0 Å². The number of rotatable bonds is 2. The fraction of sp³-hybridized carbons (Fsp3) is 0.211. The van der Waals surface area contributed by atoms with E-state index in [9.17, 15) is 0 Å². The molecule has 1 heteroatoms. The Kier molecular flexibility index (Phi) is 7.51. The molecule has 0 aromatic heterocycles. The van der Waals surface area contributed by atoms with E-state index in [1.165, 1.54) is 33.5 Å². The molecule has 0 fully saturated rings. The molecule has 0 radical (unpaired) electrons. The Bertz CT molecular complexity index is 664. The van der Waals surface area contributed by atoms with Crippen LogP contribution in [-0.4, -0.2) is 0 Å². The second-order valence-electron chi connectivity index (χ2n) is 4.88.